The van der Waals surface area contributed by atoms with Crippen LogP contribution in [-0.4, -0.2) is 13.0 Å². The lowest BCUT2D eigenvalue weighted by atomic mass is 10.1. The number of para-hydroxylation sites is 1. The number of amides is 1. The second-order valence-corrected chi connectivity index (χ2v) is 9.08. The number of nitrogens with zero attached hydrogens (tertiary/aromatic N) is 1. The van der Waals surface area contributed by atoms with E-state index in [4.69, 9.17) is 16.3 Å². The van der Waals surface area contributed by atoms with E-state index >= 15 is 0 Å². The summed E-state index contributed by atoms with van der Waals surface area (Å²) in [6.45, 7) is 0. The van der Waals surface area contributed by atoms with Crippen LogP contribution in [0.25, 0.3) is 0 Å². The number of ether oxygens (including phenoxy) is 1. The molecule has 1 aliphatic rings. The van der Waals surface area contributed by atoms with Crippen molar-refractivity contribution in [1.82, 2.24) is 0 Å². The molecule has 0 aromatic heterocycles. The summed E-state index contributed by atoms with van der Waals surface area (Å²) in [5.41, 5.74) is 2.03. The second kappa shape index (κ2) is 7.51. The highest BCUT2D eigenvalue weighted by Crippen LogP contribution is 2.50. The molecule has 0 radical (unpaired) electrons. The van der Waals surface area contributed by atoms with Crippen molar-refractivity contribution in [3.05, 3.63) is 74.1 Å². The molecular weight excluding hydrogens is 514 g/mol. The molecule has 0 saturated carbocycles. The van der Waals surface area contributed by atoms with E-state index in [1.165, 1.54) is 0 Å². The normalized spacial score (nSPS) is 12.4. The Hall–Kier alpha value is -1.47. The Labute approximate surface area is 182 Å². The minimum atomic E-state index is -0.190. The number of anilines is 2. The third-order valence-electron chi connectivity index (χ3n) is 4.13. The first kappa shape index (κ1) is 18.9. The number of fused-ring (bicyclic) bond motifs is 2. The number of methoxy groups -OCH3 is 1. The first-order valence-corrected chi connectivity index (χ1v) is 10.7. The fraction of sp³-hybridized carbons (Fsp3) is 0.0500. The van der Waals surface area contributed by atoms with Crippen LogP contribution in [0.1, 0.15) is 10.4 Å². The number of rotatable bonds is 2. The van der Waals surface area contributed by atoms with Crippen LogP contribution in [0.2, 0.25) is 5.02 Å². The molecular formula is C20H12Br2ClNO2S. The van der Waals surface area contributed by atoms with Crippen LogP contribution in [0.5, 0.6) is 5.75 Å². The molecule has 1 heterocycles. The van der Waals surface area contributed by atoms with E-state index in [0.29, 0.717) is 20.8 Å². The number of hydrogen-bond acceptors (Lipinski definition) is 3. The predicted octanol–water partition coefficient (Wildman–Crippen LogP) is 7.32. The molecule has 1 aliphatic heterocycles. The zero-order valence-electron chi connectivity index (χ0n) is 14.0. The molecule has 0 aliphatic carbocycles. The summed E-state index contributed by atoms with van der Waals surface area (Å²) in [4.78, 5) is 17.4. The van der Waals surface area contributed by atoms with Gasteiger partial charge in [-0.1, -0.05) is 51.4 Å². The van der Waals surface area contributed by atoms with Crippen molar-refractivity contribution >= 4 is 72.5 Å². The van der Waals surface area contributed by atoms with Gasteiger partial charge >= 0.3 is 0 Å². The van der Waals surface area contributed by atoms with E-state index in [2.05, 4.69) is 31.9 Å². The molecule has 4 rings (SSSR count). The van der Waals surface area contributed by atoms with E-state index in [9.17, 15) is 4.79 Å². The van der Waals surface area contributed by atoms with Crippen LogP contribution in [-0.2, 0) is 0 Å². The first-order chi connectivity index (χ1) is 13.0. The van der Waals surface area contributed by atoms with E-state index in [1.54, 1.807) is 29.8 Å². The quantitative estimate of drug-likeness (QED) is 0.351. The van der Waals surface area contributed by atoms with Crippen molar-refractivity contribution in [2.24, 2.45) is 0 Å². The van der Waals surface area contributed by atoms with Gasteiger partial charge in [-0.05, 0) is 58.4 Å². The smallest absolute Gasteiger partial charge is 0.266 e. The van der Waals surface area contributed by atoms with E-state index in [1.807, 2.05) is 48.5 Å². The molecule has 0 N–H and O–H groups in total. The van der Waals surface area contributed by atoms with E-state index in [0.717, 1.165) is 25.6 Å². The summed E-state index contributed by atoms with van der Waals surface area (Å²) in [7, 11) is 1.55. The van der Waals surface area contributed by atoms with Gasteiger partial charge in [-0.15, -0.1) is 0 Å². The van der Waals surface area contributed by atoms with Crippen molar-refractivity contribution in [2.45, 2.75) is 9.79 Å². The molecule has 1 amide bonds. The van der Waals surface area contributed by atoms with Gasteiger partial charge < -0.3 is 4.74 Å². The van der Waals surface area contributed by atoms with Crippen molar-refractivity contribution in [3.8, 4) is 5.75 Å². The van der Waals surface area contributed by atoms with Crippen LogP contribution < -0.4 is 9.64 Å². The van der Waals surface area contributed by atoms with Gasteiger partial charge in [0.1, 0.15) is 5.75 Å². The number of benzene rings is 3. The maximum absolute atomic E-state index is 13.7. The molecule has 3 aromatic carbocycles. The van der Waals surface area contributed by atoms with Gasteiger partial charge in [0.25, 0.3) is 5.91 Å². The Kier molecular flexibility index (Phi) is 5.25. The summed E-state index contributed by atoms with van der Waals surface area (Å²) in [5.74, 6) is 0.299. The topological polar surface area (TPSA) is 29.5 Å². The Bertz CT molecular complexity index is 1070. The first-order valence-electron chi connectivity index (χ1n) is 7.93. The standard InChI is InChI=1S/C20H12Br2ClNO2S/c1-26-19-13(8-11(21)9-14(19)22)20(25)24-15-4-2-3-5-17(15)27-18-7-6-12(23)10-16(18)24/h2-10H,1H3. The largest absolute Gasteiger partial charge is 0.495 e. The fourth-order valence-electron chi connectivity index (χ4n) is 2.99. The van der Waals surface area contributed by atoms with Gasteiger partial charge in [-0.2, -0.15) is 0 Å². The van der Waals surface area contributed by atoms with Crippen molar-refractivity contribution in [1.29, 1.82) is 0 Å². The van der Waals surface area contributed by atoms with Crippen LogP contribution in [0.15, 0.2) is 73.3 Å². The molecule has 0 fully saturated rings. The Morgan fingerprint density at radius 2 is 1.78 bits per heavy atom. The molecule has 27 heavy (non-hydrogen) atoms. The minimum Gasteiger partial charge on any atom is -0.495 e. The van der Waals surface area contributed by atoms with E-state index < -0.39 is 0 Å². The molecule has 0 bridgehead atoms. The third kappa shape index (κ3) is 3.40. The van der Waals surface area contributed by atoms with Crippen molar-refractivity contribution in [3.63, 3.8) is 0 Å². The zero-order valence-corrected chi connectivity index (χ0v) is 18.7. The van der Waals surface area contributed by atoms with E-state index in [-0.39, 0.29) is 5.91 Å². The average Bonchev–Trinajstić information content (AvgIpc) is 2.65. The molecule has 0 unspecified atom stereocenters. The highest BCUT2D eigenvalue weighted by molar-refractivity contribution is 9.11. The minimum absolute atomic E-state index is 0.190. The highest BCUT2D eigenvalue weighted by Gasteiger charge is 2.31. The summed E-state index contributed by atoms with van der Waals surface area (Å²) in [6.07, 6.45) is 0. The fourth-order valence-corrected chi connectivity index (χ4v) is 5.59. The van der Waals surface area contributed by atoms with Gasteiger partial charge in [0.05, 0.1) is 28.5 Å². The Morgan fingerprint density at radius 3 is 2.56 bits per heavy atom. The zero-order chi connectivity index (χ0) is 19.1. The Balaban J connectivity index is 1.94. The molecule has 0 atom stereocenters. The molecule has 136 valence electrons. The van der Waals surface area contributed by atoms with Crippen LogP contribution in [0.4, 0.5) is 11.4 Å². The van der Waals surface area contributed by atoms with Crippen LogP contribution in [0, 0.1) is 0 Å². The number of hydrogen-bond donors (Lipinski definition) is 0. The molecule has 7 heteroatoms. The van der Waals surface area contributed by atoms with Crippen LogP contribution in [0.3, 0.4) is 0 Å². The number of halogens is 3. The van der Waals surface area contributed by atoms with Gasteiger partial charge in [0.15, 0.2) is 0 Å². The molecule has 3 nitrogen and oxygen atoms in total. The predicted molar refractivity (Wildman–Crippen MR) is 117 cm³/mol. The van der Waals surface area contributed by atoms with Gasteiger partial charge in [-0.3, -0.25) is 9.69 Å². The second-order valence-electron chi connectivity index (χ2n) is 5.79. The van der Waals surface area contributed by atoms with Gasteiger partial charge in [0.2, 0.25) is 0 Å². The van der Waals surface area contributed by atoms with Crippen molar-refractivity contribution < 1.29 is 9.53 Å². The monoisotopic (exact) mass is 523 g/mol. The maximum atomic E-state index is 13.7. The third-order valence-corrected chi connectivity index (χ3v) is 6.55. The SMILES string of the molecule is COc1c(Br)cc(Br)cc1C(=O)N1c2ccccc2Sc2ccc(Cl)cc21. The Morgan fingerprint density at radius 1 is 1.04 bits per heavy atom. The summed E-state index contributed by atoms with van der Waals surface area (Å²) < 4.78 is 6.98. The number of carbonyl (C=O) groups is 1. The lowest BCUT2D eigenvalue weighted by Gasteiger charge is -2.31. The maximum Gasteiger partial charge on any atom is 0.266 e. The lowest BCUT2D eigenvalue weighted by Crippen LogP contribution is -2.29. The van der Waals surface area contributed by atoms with Gasteiger partial charge in [-0.25, -0.2) is 0 Å². The summed E-state index contributed by atoms with van der Waals surface area (Å²) in [5, 5.41) is 0.578. The van der Waals surface area contributed by atoms with Crippen LogP contribution >= 0.6 is 55.2 Å². The molecule has 0 saturated heterocycles. The molecule has 0 spiro atoms. The summed E-state index contributed by atoms with van der Waals surface area (Å²) >= 11 is 14.8. The average molecular weight is 526 g/mol. The number of carbonyl (C=O) groups excluding carboxylic acids is 1. The van der Waals surface area contributed by atoms with Crippen molar-refractivity contribution in [2.75, 3.05) is 12.0 Å². The highest BCUT2D eigenvalue weighted by atomic mass is 79.9. The lowest BCUT2D eigenvalue weighted by molar-refractivity contribution is 0.0995. The summed E-state index contributed by atoms with van der Waals surface area (Å²) in [6, 6.07) is 17.0. The van der Waals surface area contributed by atoms with Gasteiger partial charge in [0, 0.05) is 19.3 Å². The molecule has 3 aromatic rings.